The summed E-state index contributed by atoms with van der Waals surface area (Å²) >= 11 is 1.48. The molecule has 1 aliphatic rings. The molecule has 0 aliphatic carbocycles. The molecule has 1 saturated heterocycles. The Morgan fingerprint density at radius 2 is 2.33 bits per heavy atom. The molecule has 1 aromatic rings. The van der Waals surface area contributed by atoms with Gasteiger partial charge in [0.05, 0.1) is 5.88 Å². The van der Waals surface area contributed by atoms with Crippen LogP contribution in [0.15, 0.2) is 24.4 Å². The van der Waals surface area contributed by atoms with Crippen molar-refractivity contribution >= 4 is 23.6 Å². The first-order valence-corrected chi connectivity index (χ1v) is 6.84. The summed E-state index contributed by atoms with van der Waals surface area (Å²) in [6, 6.07) is 4.88. The zero-order chi connectivity index (χ0) is 13.0. The van der Waals surface area contributed by atoms with E-state index < -0.39 is 12.0 Å². The number of aromatic nitrogens is 1. The average molecular weight is 266 g/mol. The Morgan fingerprint density at radius 3 is 3.00 bits per heavy atom. The van der Waals surface area contributed by atoms with Crippen LogP contribution < -0.4 is 0 Å². The van der Waals surface area contributed by atoms with Crippen molar-refractivity contribution in [1.82, 2.24) is 9.88 Å². The van der Waals surface area contributed by atoms with E-state index in [0.717, 1.165) is 5.69 Å². The van der Waals surface area contributed by atoms with Gasteiger partial charge >= 0.3 is 5.97 Å². The summed E-state index contributed by atoms with van der Waals surface area (Å²) in [7, 11) is 0. The molecule has 1 fully saturated rings. The van der Waals surface area contributed by atoms with Gasteiger partial charge in [-0.3, -0.25) is 9.78 Å². The maximum absolute atomic E-state index is 12.0. The van der Waals surface area contributed by atoms with E-state index in [0.29, 0.717) is 24.5 Å². The van der Waals surface area contributed by atoms with E-state index in [1.54, 1.807) is 6.20 Å². The van der Waals surface area contributed by atoms with Gasteiger partial charge in [0.25, 0.3) is 0 Å². The number of hydrogen-bond acceptors (Lipinski definition) is 4. The molecule has 0 aromatic carbocycles. The SMILES string of the molecule is O=C(O)[C@@H]1CSCN1C(=O)CCc1ccccn1. The number of aliphatic carboxylic acids is 1. The molecule has 0 radical (unpaired) electrons. The van der Waals surface area contributed by atoms with Crippen LogP contribution in [0.25, 0.3) is 0 Å². The quantitative estimate of drug-likeness (QED) is 0.880. The maximum atomic E-state index is 12.0. The lowest BCUT2D eigenvalue weighted by molar-refractivity contribution is -0.147. The Morgan fingerprint density at radius 1 is 1.50 bits per heavy atom. The Hall–Kier alpha value is -1.56. The Kier molecular flexibility index (Phi) is 4.19. The molecule has 0 unspecified atom stereocenters. The highest BCUT2D eigenvalue weighted by Crippen LogP contribution is 2.22. The minimum atomic E-state index is -0.925. The van der Waals surface area contributed by atoms with Gasteiger partial charge in [0, 0.05) is 24.1 Å². The van der Waals surface area contributed by atoms with Crippen molar-refractivity contribution in [2.24, 2.45) is 0 Å². The topological polar surface area (TPSA) is 70.5 Å². The second kappa shape index (κ2) is 5.86. The molecule has 1 N–H and O–H groups in total. The zero-order valence-electron chi connectivity index (χ0n) is 9.78. The molecule has 0 saturated carbocycles. The summed E-state index contributed by atoms with van der Waals surface area (Å²) in [5.41, 5.74) is 0.851. The van der Waals surface area contributed by atoms with Crippen molar-refractivity contribution < 1.29 is 14.7 Å². The second-order valence-electron chi connectivity index (χ2n) is 4.04. The van der Waals surface area contributed by atoms with Crippen LogP contribution in [0.1, 0.15) is 12.1 Å². The molecule has 0 bridgehead atoms. The van der Waals surface area contributed by atoms with E-state index in [1.165, 1.54) is 16.7 Å². The molecule has 6 heteroatoms. The van der Waals surface area contributed by atoms with E-state index >= 15 is 0 Å². The van der Waals surface area contributed by atoms with Crippen LogP contribution in [-0.4, -0.2) is 44.5 Å². The van der Waals surface area contributed by atoms with Crippen molar-refractivity contribution in [1.29, 1.82) is 0 Å². The summed E-state index contributed by atoms with van der Waals surface area (Å²) in [5, 5.41) is 9.00. The standard InChI is InChI=1S/C12H14N2O3S/c15-11(5-4-9-3-1-2-6-13-9)14-8-18-7-10(14)12(16)17/h1-3,6,10H,4-5,7-8H2,(H,16,17)/t10-/m0/s1. The molecule has 2 rings (SSSR count). The number of hydrogen-bond donors (Lipinski definition) is 1. The van der Waals surface area contributed by atoms with Gasteiger partial charge in [-0.25, -0.2) is 4.79 Å². The third-order valence-electron chi connectivity index (χ3n) is 2.81. The normalized spacial score (nSPS) is 18.9. The van der Waals surface area contributed by atoms with Gasteiger partial charge in [0.1, 0.15) is 6.04 Å². The third kappa shape index (κ3) is 3.01. The van der Waals surface area contributed by atoms with Gasteiger partial charge in [-0.15, -0.1) is 11.8 Å². The first kappa shape index (κ1) is 12.9. The number of aryl methyl sites for hydroxylation is 1. The lowest BCUT2D eigenvalue weighted by Crippen LogP contribution is -2.41. The number of carbonyl (C=O) groups excluding carboxylic acids is 1. The number of amides is 1. The van der Waals surface area contributed by atoms with Gasteiger partial charge in [0.2, 0.25) is 5.91 Å². The Balaban J connectivity index is 1.90. The first-order chi connectivity index (χ1) is 8.68. The van der Waals surface area contributed by atoms with Crippen molar-refractivity contribution in [2.45, 2.75) is 18.9 Å². The van der Waals surface area contributed by atoms with Crippen LogP contribution in [0, 0.1) is 0 Å². The van der Waals surface area contributed by atoms with Crippen LogP contribution in [0.4, 0.5) is 0 Å². The van der Waals surface area contributed by atoms with Gasteiger partial charge in [0.15, 0.2) is 0 Å². The molecule has 1 aliphatic heterocycles. The molecule has 5 nitrogen and oxygen atoms in total. The largest absolute Gasteiger partial charge is 0.480 e. The summed E-state index contributed by atoms with van der Waals surface area (Å²) in [5.74, 6) is -0.0906. The highest BCUT2D eigenvalue weighted by Gasteiger charge is 2.33. The van der Waals surface area contributed by atoms with Crippen LogP contribution >= 0.6 is 11.8 Å². The number of nitrogens with zero attached hydrogens (tertiary/aromatic N) is 2. The molecule has 2 heterocycles. The number of thioether (sulfide) groups is 1. The average Bonchev–Trinajstić information content (AvgIpc) is 2.86. The zero-order valence-corrected chi connectivity index (χ0v) is 10.6. The predicted molar refractivity (Wildman–Crippen MR) is 68.2 cm³/mol. The van der Waals surface area contributed by atoms with E-state index in [2.05, 4.69) is 4.98 Å². The molecule has 96 valence electrons. The summed E-state index contributed by atoms with van der Waals surface area (Å²) in [6.07, 6.45) is 2.54. The molecule has 0 spiro atoms. The van der Waals surface area contributed by atoms with Crippen molar-refractivity contribution in [3.05, 3.63) is 30.1 Å². The maximum Gasteiger partial charge on any atom is 0.327 e. The second-order valence-corrected chi connectivity index (χ2v) is 5.04. The first-order valence-electron chi connectivity index (χ1n) is 5.68. The lowest BCUT2D eigenvalue weighted by atomic mass is 10.2. The molecular weight excluding hydrogens is 252 g/mol. The van der Waals surface area contributed by atoms with Gasteiger partial charge in [-0.05, 0) is 18.6 Å². The number of pyridine rings is 1. The van der Waals surface area contributed by atoms with Crippen molar-refractivity contribution in [3.63, 3.8) is 0 Å². The summed E-state index contributed by atoms with van der Waals surface area (Å²) in [4.78, 5) is 28.5. The van der Waals surface area contributed by atoms with E-state index in [1.807, 2.05) is 18.2 Å². The van der Waals surface area contributed by atoms with E-state index in [4.69, 9.17) is 5.11 Å². The van der Waals surface area contributed by atoms with Crippen LogP contribution in [0.3, 0.4) is 0 Å². The summed E-state index contributed by atoms with van der Waals surface area (Å²) in [6.45, 7) is 0. The highest BCUT2D eigenvalue weighted by atomic mass is 32.2. The monoisotopic (exact) mass is 266 g/mol. The third-order valence-corrected chi connectivity index (χ3v) is 3.82. The van der Waals surface area contributed by atoms with E-state index in [-0.39, 0.29) is 5.91 Å². The number of rotatable bonds is 4. The fourth-order valence-electron chi connectivity index (χ4n) is 1.82. The van der Waals surface area contributed by atoms with Gasteiger partial charge in [-0.1, -0.05) is 6.07 Å². The molecule has 1 atom stereocenters. The van der Waals surface area contributed by atoms with E-state index in [9.17, 15) is 9.59 Å². The number of carboxylic acids is 1. The smallest absolute Gasteiger partial charge is 0.327 e. The van der Waals surface area contributed by atoms with Crippen LogP contribution in [0.2, 0.25) is 0 Å². The number of carboxylic acid groups (broad SMARTS) is 1. The Labute approximate surface area is 109 Å². The number of carbonyl (C=O) groups is 2. The summed E-state index contributed by atoms with van der Waals surface area (Å²) < 4.78 is 0. The fourth-order valence-corrected chi connectivity index (χ4v) is 2.99. The van der Waals surface area contributed by atoms with Gasteiger partial charge in [-0.2, -0.15) is 0 Å². The Bertz CT molecular complexity index is 438. The van der Waals surface area contributed by atoms with Crippen LogP contribution in [-0.2, 0) is 16.0 Å². The molecule has 18 heavy (non-hydrogen) atoms. The van der Waals surface area contributed by atoms with Crippen molar-refractivity contribution in [3.8, 4) is 0 Å². The lowest BCUT2D eigenvalue weighted by Gasteiger charge is -2.20. The highest BCUT2D eigenvalue weighted by molar-refractivity contribution is 7.99. The molecular formula is C12H14N2O3S. The van der Waals surface area contributed by atoms with Crippen LogP contribution in [0.5, 0.6) is 0 Å². The molecule has 1 aromatic heterocycles. The minimum absolute atomic E-state index is 0.113. The van der Waals surface area contributed by atoms with Gasteiger partial charge < -0.3 is 10.0 Å². The van der Waals surface area contributed by atoms with Crippen molar-refractivity contribution in [2.75, 3.05) is 11.6 Å². The minimum Gasteiger partial charge on any atom is -0.480 e. The predicted octanol–water partition coefficient (Wildman–Crippen LogP) is 1.00. The fraction of sp³-hybridized carbons (Fsp3) is 0.417. The molecule has 1 amide bonds.